The van der Waals surface area contributed by atoms with Crippen molar-refractivity contribution in [1.29, 1.82) is 0 Å². The molecule has 112 valence electrons. The van der Waals surface area contributed by atoms with Gasteiger partial charge in [-0.3, -0.25) is 0 Å². The summed E-state index contributed by atoms with van der Waals surface area (Å²) in [5, 5.41) is 4.29. The third-order valence-electron chi connectivity index (χ3n) is 2.93. The summed E-state index contributed by atoms with van der Waals surface area (Å²) in [5.41, 5.74) is 1.81. The second-order valence-corrected chi connectivity index (χ2v) is 5.91. The summed E-state index contributed by atoms with van der Waals surface area (Å²) >= 11 is 15.6. The Balaban J connectivity index is 2.20. The molecule has 0 heterocycles. The lowest BCUT2D eigenvalue weighted by atomic mass is 10.2. The van der Waals surface area contributed by atoms with E-state index in [0.29, 0.717) is 28.1 Å². The highest BCUT2D eigenvalue weighted by Crippen LogP contribution is 2.37. The van der Waals surface area contributed by atoms with Crippen molar-refractivity contribution < 1.29 is 9.47 Å². The molecule has 0 saturated heterocycles. The number of benzene rings is 2. The molecule has 0 unspecified atom stereocenters. The zero-order valence-corrected chi connectivity index (χ0v) is 14.6. The molecule has 0 bridgehead atoms. The van der Waals surface area contributed by atoms with Crippen molar-refractivity contribution in [2.75, 3.05) is 19.5 Å². The van der Waals surface area contributed by atoms with E-state index in [2.05, 4.69) is 21.2 Å². The zero-order valence-electron chi connectivity index (χ0n) is 11.5. The summed E-state index contributed by atoms with van der Waals surface area (Å²) in [4.78, 5) is 0. The average molecular weight is 391 g/mol. The van der Waals surface area contributed by atoms with E-state index in [0.717, 1.165) is 15.7 Å². The molecule has 21 heavy (non-hydrogen) atoms. The van der Waals surface area contributed by atoms with Crippen molar-refractivity contribution in [2.45, 2.75) is 6.54 Å². The van der Waals surface area contributed by atoms with Crippen LogP contribution >= 0.6 is 39.1 Å². The molecular weight excluding hydrogens is 377 g/mol. The van der Waals surface area contributed by atoms with Gasteiger partial charge in [0.2, 0.25) is 0 Å². The van der Waals surface area contributed by atoms with E-state index in [4.69, 9.17) is 32.7 Å². The quantitative estimate of drug-likeness (QED) is 0.742. The number of hydrogen-bond donors (Lipinski definition) is 1. The van der Waals surface area contributed by atoms with E-state index in [-0.39, 0.29) is 0 Å². The molecule has 2 aromatic carbocycles. The number of methoxy groups -OCH3 is 2. The Hall–Kier alpha value is -1.10. The molecule has 3 nitrogen and oxygen atoms in total. The van der Waals surface area contributed by atoms with Gasteiger partial charge in [0.25, 0.3) is 0 Å². The Morgan fingerprint density at radius 3 is 2.57 bits per heavy atom. The normalized spacial score (nSPS) is 10.3. The lowest BCUT2D eigenvalue weighted by Crippen LogP contribution is -2.01. The first kappa shape index (κ1) is 16.3. The van der Waals surface area contributed by atoms with Crippen molar-refractivity contribution in [1.82, 2.24) is 0 Å². The fraction of sp³-hybridized carbons (Fsp3) is 0.200. The van der Waals surface area contributed by atoms with E-state index < -0.39 is 0 Å². The first-order valence-electron chi connectivity index (χ1n) is 6.15. The number of ether oxygens (including phenoxy) is 2. The van der Waals surface area contributed by atoms with Gasteiger partial charge in [0.1, 0.15) is 0 Å². The van der Waals surface area contributed by atoms with E-state index in [1.54, 1.807) is 20.3 Å². The maximum Gasteiger partial charge on any atom is 0.174 e. The van der Waals surface area contributed by atoms with Crippen LogP contribution in [0.15, 0.2) is 34.8 Å². The van der Waals surface area contributed by atoms with E-state index >= 15 is 0 Å². The highest BCUT2D eigenvalue weighted by atomic mass is 79.9. The summed E-state index contributed by atoms with van der Waals surface area (Å²) in [6.45, 7) is 0.582. The van der Waals surface area contributed by atoms with Gasteiger partial charge in [-0.2, -0.15) is 0 Å². The van der Waals surface area contributed by atoms with Crippen LogP contribution in [-0.4, -0.2) is 14.2 Å². The largest absolute Gasteiger partial charge is 0.493 e. The minimum absolute atomic E-state index is 0.513. The van der Waals surface area contributed by atoms with Gasteiger partial charge < -0.3 is 14.8 Å². The first-order chi connectivity index (χ1) is 10.1. The SMILES string of the molecule is COc1cc(CNc2cccc(Cl)c2Cl)cc(Br)c1OC. The van der Waals surface area contributed by atoms with Gasteiger partial charge >= 0.3 is 0 Å². The molecule has 0 aliphatic heterocycles. The molecule has 0 aliphatic carbocycles. The van der Waals surface area contributed by atoms with Crippen molar-refractivity contribution in [3.8, 4) is 11.5 Å². The van der Waals surface area contributed by atoms with Gasteiger partial charge in [0.15, 0.2) is 11.5 Å². The molecule has 0 atom stereocenters. The maximum atomic E-state index is 6.15. The molecule has 0 aromatic heterocycles. The predicted molar refractivity (Wildman–Crippen MR) is 91.0 cm³/mol. The Morgan fingerprint density at radius 2 is 1.90 bits per heavy atom. The number of nitrogens with one attached hydrogen (secondary N) is 1. The highest BCUT2D eigenvalue weighted by Gasteiger charge is 2.11. The Morgan fingerprint density at radius 1 is 1.14 bits per heavy atom. The van der Waals surface area contributed by atoms with Crippen LogP contribution in [0.3, 0.4) is 0 Å². The standard InChI is InChI=1S/C15H14BrCl2NO2/c1-20-13-7-9(6-10(16)15(13)21-2)8-19-12-5-3-4-11(17)14(12)18/h3-7,19H,8H2,1-2H3. The smallest absolute Gasteiger partial charge is 0.174 e. The number of hydrogen-bond acceptors (Lipinski definition) is 3. The summed E-state index contributed by atoms with van der Waals surface area (Å²) < 4.78 is 11.4. The van der Waals surface area contributed by atoms with Crippen LogP contribution < -0.4 is 14.8 Å². The third-order valence-corrected chi connectivity index (χ3v) is 4.34. The van der Waals surface area contributed by atoms with E-state index in [9.17, 15) is 0 Å². The van der Waals surface area contributed by atoms with Crippen LogP contribution in [0.4, 0.5) is 5.69 Å². The van der Waals surface area contributed by atoms with Crippen LogP contribution in [0.5, 0.6) is 11.5 Å². The molecule has 0 spiro atoms. The van der Waals surface area contributed by atoms with Gasteiger partial charge in [0, 0.05) is 6.54 Å². The van der Waals surface area contributed by atoms with Crippen LogP contribution in [0, 0.1) is 0 Å². The maximum absolute atomic E-state index is 6.15. The second-order valence-electron chi connectivity index (χ2n) is 4.27. The molecular formula is C15H14BrCl2NO2. The van der Waals surface area contributed by atoms with Crippen molar-refractivity contribution in [2.24, 2.45) is 0 Å². The highest BCUT2D eigenvalue weighted by molar-refractivity contribution is 9.10. The lowest BCUT2D eigenvalue weighted by Gasteiger charge is -2.13. The van der Waals surface area contributed by atoms with E-state index in [1.807, 2.05) is 24.3 Å². The van der Waals surface area contributed by atoms with Crippen molar-refractivity contribution in [3.63, 3.8) is 0 Å². The predicted octanol–water partition coefficient (Wildman–Crippen LogP) is 5.39. The van der Waals surface area contributed by atoms with Crippen molar-refractivity contribution in [3.05, 3.63) is 50.4 Å². The summed E-state index contributed by atoms with van der Waals surface area (Å²) in [6, 6.07) is 9.36. The van der Waals surface area contributed by atoms with Gasteiger partial charge in [0.05, 0.1) is 34.4 Å². The molecule has 0 saturated carbocycles. The monoisotopic (exact) mass is 389 g/mol. The fourth-order valence-electron chi connectivity index (χ4n) is 1.91. The van der Waals surface area contributed by atoms with Gasteiger partial charge in [-0.05, 0) is 45.8 Å². The second kappa shape index (κ2) is 7.25. The van der Waals surface area contributed by atoms with Gasteiger partial charge in [-0.25, -0.2) is 0 Å². The van der Waals surface area contributed by atoms with Crippen LogP contribution in [0.25, 0.3) is 0 Å². The van der Waals surface area contributed by atoms with E-state index in [1.165, 1.54) is 0 Å². The Kier molecular flexibility index (Phi) is 5.62. The average Bonchev–Trinajstić information content (AvgIpc) is 2.48. The minimum atomic E-state index is 0.513. The molecule has 0 aliphatic rings. The van der Waals surface area contributed by atoms with Gasteiger partial charge in [-0.1, -0.05) is 29.3 Å². The van der Waals surface area contributed by atoms with Crippen LogP contribution in [-0.2, 0) is 6.54 Å². The first-order valence-corrected chi connectivity index (χ1v) is 7.70. The van der Waals surface area contributed by atoms with Crippen LogP contribution in [0.1, 0.15) is 5.56 Å². The summed E-state index contributed by atoms with van der Waals surface area (Å²) in [6.07, 6.45) is 0. The van der Waals surface area contributed by atoms with Gasteiger partial charge in [-0.15, -0.1) is 0 Å². The molecule has 0 amide bonds. The molecule has 0 radical (unpaired) electrons. The lowest BCUT2D eigenvalue weighted by molar-refractivity contribution is 0.352. The molecule has 2 rings (SSSR count). The molecule has 2 aromatic rings. The minimum Gasteiger partial charge on any atom is -0.493 e. The zero-order chi connectivity index (χ0) is 15.4. The Bertz CT molecular complexity index is 650. The number of halogens is 3. The Labute approximate surface area is 142 Å². The summed E-state index contributed by atoms with van der Waals surface area (Å²) in [5.74, 6) is 1.34. The number of rotatable bonds is 5. The van der Waals surface area contributed by atoms with Crippen molar-refractivity contribution >= 4 is 44.8 Å². The van der Waals surface area contributed by atoms with Crippen LogP contribution in [0.2, 0.25) is 10.0 Å². The fourth-order valence-corrected chi connectivity index (χ4v) is 2.93. The molecule has 0 fully saturated rings. The number of anilines is 1. The topological polar surface area (TPSA) is 30.5 Å². The molecule has 1 N–H and O–H groups in total. The third kappa shape index (κ3) is 3.76. The molecule has 6 heteroatoms. The summed E-state index contributed by atoms with van der Waals surface area (Å²) in [7, 11) is 3.21.